The fraction of sp³-hybridized carbons (Fsp3) is 0.545. The molecule has 6 nitrogen and oxygen atoms in total. The van der Waals surface area contributed by atoms with Gasteiger partial charge < -0.3 is 10.4 Å². The second-order valence-electron chi connectivity index (χ2n) is 3.50. The fourth-order valence-electron chi connectivity index (χ4n) is 0.815. The van der Waals surface area contributed by atoms with Crippen LogP contribution in [0.15, 0.2) is 17.3 Å². The van der Waals surface area contributed by atoms with Crippen LogP contribution in [0.3, 0.4) is 0 Å². The lowest BCUT2D eigenvalue weighted by Gasteiger charge is -2.03. The Bertz CT molecular complexity index is 323. The molecular formula is C11H18N2O4. The number of amides is 1. The van der Waals surface area contributed by atoms with Crippen LogP contribution in [-0.2, 0) is 9.63 Å². The number of carbonyl (C=O) groups excluding carboxylic acids is 1. The molecule has 2 N–H and O–H groups in total. The summed E-state index contributed by atoms with van der Waals surface area (Å²) >= 11 is 0. The number of carboxylic acid groups (broad SMARTS) is 1. The SMILES string of the molecule is C=C(CCCNC(=O)ON=C(C)CC)C(=O)O. The van der Waals surface area contributed by atoms with Gasteiger partial charge in [-0.05, 0) is 26.2 Å². The molecule has 0 aliphatic heterocycles. The number of hydrogen-bond donors (Lipinski definition) is 2. The molecule has 17 heavy (non-hydrogen) atoms. The smallest absolute Gasteiger partial charge is 0.433 e. The predicted molar refractivity (Wildman–Crippen MR) is 63.9 cm³/mol. The van der Waals surface area contributed by atoms with Crippen molar-refractivity contribution in [3.63, 3.8) is 0 Å². The molecule has 0 heterocycles. The third kappa shape index (κ3) is 8.01. The average molecular weight is 242 g/mol. The summed E-state index contributed by atoms with van der Waals surface area (Å²) in [4.78, 5) is 26.0. The van der Waals surface area contributed by atoms with E-state index in [1.54, 1.807) is 6.92 Å². The van der Waals surface area contributed by atoms with Crippen LogP contribution < -0.4 is 5.32 Å². The Balaban J connectivity index is 3.66. The first-order valence-electron chi connectivity index (χ1n) is 5.36. The van der Waals surface area contributed by atoms with Crippen molar-refractivity contribution < 1.29 is 19.5 Å². The zero-order valence-corrected chi connectivity index (χ0v) is 10.2. The minimum atomic E-state index is -1.02. The van der Waals surface area contributed by atoms with Gasteiger partial charge in [-0.25, -0.2) is 9.59 Å². The largest absolute Gasteiger partial charge is 0.478 e. The van der Waals surface area contributed by atoms with Crippen LogP contribution >= 0.6 is 0 Å². The van der Waals surface area contributed by atoms with Gasteiger partial charge in [-0.2, -0.15) is 0 Å². The van der Waals surface area contributed by atoms with Crippen molar-refractivity contribution in [1.29, 1.82) is 0 Å². The average Bonchev–Trinajstić information content (AvgIpc) is 2.30. The van der Waals surface area contributed by atoms with Crippen molar-refractivity contribution in [3.05, 3.63) is 12.2 Å². The highest BCUT2D eigenvalue weighted by Gasteiger charge is 2.04. The standard InChI is InChI=1S/C11H18N2O4/c1-4-9(3)13-17-11(16)12-7-5-6-8(2)10(14)15/h2,4-7H2,1,3H3,(H,12,16)(H,14,15). The Morgan fingerprint density at radius 2 is 2.12 bits per heavy atom. The zero-order chi connectivity index (χ0) is 13.3. The molecule has 0 fully saturated rings. The van der Waals surface area contributed by atoms with Crippen LogP contribution in [0.1, 0.15) is 33.1 Å². The molecular weight excluding hydrogens is 224 g/mol. The van der Waals surface area contributed by atoms with Gasteiger partial charge >= 0.3 is 12.1 Å². The first-order chi connectivity index (χ1) is 7.97. The lowest BCUT2D eigenvalue weighted by atomic mass is 10.2. The maximum absolute atomic E-state index is 11.1. The van der Waals surface area contributed by atoms with Crippen molar-refractivity contribution in [1.82, 2.24) is 5.32 Å². The number of nitrogens with zero attached hydrogens (tertiary/aromatic N) is 1. The number of carboxylic acids is 1. The summed E-state index contributed by atoms with van der Waals surface area (Å²) in [7, 11) is 0. The summed E-state index contributed by atoms with van der Waals surface area (Å²) < 4.78 is 0. The van der Waals surface area contributed by atoms with Crippen LogP contribution in [-0.4, -0.2) is 29.4 Å². The molecule has 0 unspecified atom stereocenters. The highest BCUT2D eigenvalue weighted by Crippen LogP contribution is 2.00. The summed E-state index contributed by atoms with van der Waals surface area (Å²) in [6.45, 7) is 7.36. The highest BCUT2D eigenvalue weighted by atomic mass is 16.7. The first kappa shape index (κ1) is 15.2. The van der Waals surface area contributed by atoms with Crippen molar-refractivity contribution in [2.45, 2.75) is 33.1 Å². The lowest BCUT2D eigenvalue weighted by Crippen LogP contribution is -2.24. The second-order valence-corrected chi connectivity index (χ2v) is 3.50. The van der Waals surface area contributed by atoms with E-state index in [1.807, 2.05) is 6.92 Å². The number of rotatable bonds is 7. The minimum absolute atomic E-state index is 0.125. The van der Waals surface area contributed by atoms with E-state index in [0.717, 1.165) is 5.71 Å². The Hall–Kier alpha value is -1.85. The minimum Gasteiger partial charge on any atom is -0.478 e. The summed E-state index contributed by atoms with van der Waals surface area (Å²) in [5.41, 5.74) is 0.847. The van der Waals surface area contributed by atoms with Gasteiger partial charge in [0.2, 0.25) is 0 Å². The molecule has 6 heteroatoms. The zero-order valence-electron chi connectivity index (χ0n) is 10.2. The number of hydrogen-bond acceptors (Lipinski definition) is 4. The molecule has 0 aromatic heterocycles. The normalized spacial score (nSPS) is 10.8. The van der Waals surface area contributed by atoms with Gasteiger partial charge in [0.15, 0.2) is 0 Å². The maximum Gasteiger partial charge on any atom is 0.433 e. The Morgan fingerprint density at radius 1 is 1.47 bits per heavy atom. The van der Waals surface area contributed by atoms with Gasteiger partial charge in [-0.1, -0.05) is 18.7 Å². The molecule has 96 valence electrons. The van der Waals surface area contributed by atoms with Gasteiger partial charge in [-0.15, -0.1) is 0 Å². The molecule has 0 radical (unpaired) electrons. The maximum atomic E-state index is 11.1. The third-order valence-electron chi connectivity index (χ3n) is 2.02. The van der Waals surface area contributed by atoms with Crippen molar-refractivity contribution in [2.24, 2.45) is 5.16 Å². The molecule has 0 rings (SSSR count). The van der Waals surface area contributed by atoms with Crippen molar-refractivity contribution >= 4 is 17.8 Å². The molecule has 0 aliphatic carbocycles. The van der Waals surface area contributed by atoms with Gasteiger partial charge in [0, 0.05) is 12.1 Å². The van der Waals surface area contributed by atoms with Gasteiger partial charge in [0.25, 0.3) is 0 Å². The van der Waals surface area contributed by atoms with E-state index in [1.165, 1.54) is 0 Å². The van der Waals surface area contributed by atoms with E-state index in [0.29, 0.717) is 25.8 Å². The molecule has 0 spiro atoms. The quantitative estimate of drug-likeness (QED) is 0.235. The molecule has 0 aromatic rings. The van der Waals surface area contributed by atoms with E-state index < -0.39 is 12.1 Å². The number of aliphatic carboxylic acids is 1. The summed E-state index contributed by atoms with van der Waals surface area (Å²) in [6.07, 6.45) is 0.897. The fourth-order valence-corrected chi connectivity index (χ4v) is 0.815. The van der Waals surface area contributed by atoms with Crippen LogP contribution in [0.4, 0.5) is 4.79 Å². The van der Waals surface area contributed by atoms with Gasteiger partial charge in [0.1, 0.15) is 0 Å². The van der Waals surface area contributed by atoms with Crippen molar-refractivity contribution in [2.75, 3.05) is 6.54 Å². The topological polar surface area (TPSA) is 88.0 Å². The van der Waals surface area contributed by atoms with Gasteiger partial charge in [0.05, 0.1) is 5.71 Å². The molecule has 0 bridgehead atoms. The third-order valence-corrected chi connectivity index (χ3v) is 2.02. The molecule has 1 amide bonds. The monoisotopic (exact) mass is 242 g/mol. The van der Waals surface area contributed by atoms with E-state index in [2.05, 4.69) is 21.9 Å². The summed E-state index contributed by atoms with van der Waals surface area (Å²) in [6, 6.07) is 0. The lowest BCUT2D eigenvalue weighted by molar-refractivity contribution is -0.132. The second kappa shape index (κ2) is 8.32. The number of nitrogens with one attached hydrogen (secondary N) is 1. The number of carbonyl (C=O) groups is 2. The predicted octanol–water partition coefficient (Wildman–Crippen LogP) is 1.92. The van der Waals surface area contributed by atoms with Crippen LogP contribution in [0.25, 0.3) is 0 Å². The molecule has 0 aromatic carbocycles. The van der Waals surface area contributed by atoms with Gasteiger partial charge in [-0.3, -0.25) is 4.84 Å². The first-order valence-corrected chi connectivity index (χ1v) is 5.36. The van der Waals surface area contributed by atoms with E-state index in [-0.39, 0.29) is 5.57 Å². The Labute approximate surface area is 100 Å². The molecule has 0 atom stereocenters. The summed E-state index contributed by atoms with van der Waals surface area (Å²) in [5, 5.41) is 14.6. The van der Waals surface area contributed by atoms with Crippen molar-refractivity contribution in [3.8, 4) is 0 Å². The Morgan fingerprint density at radius 3 is 2.65 bits per heavy atom. The number of oxime groups is 1. The Kier molecular flexibility index (Phi) is 7.41. The highest BCUT2D eigenvalue weighted by molar-refractivity contribution is 5.85. The van der Waals surface area contributed by atoms with E-state index >= 15 is 0 Å². The van der Waals surface area contributed by atoms with Crippen LogP contribution in [0, 0.1) is 0 Å². The molecule has 0 saturated carbocycles. The summed E-state index contributed by atoms with van der Waals surface area (Å²) in [5.74, 6) is -1.02. The van der Waals surface area contributed by atoms with E-state index in [4.69, 9.17) is 5.11 Å². The van der Waals surface area contributed by atoms with E-state index in [9.17, 15) is 9.59 Å². The molecule has 0 aliphatic rings. The van der Waals surface area contributed by atoms with Crippen LogP contribution in [0.2, 0.25) is 0 Å². The van der Waals surface area contributed by atoms with Crippen LogP contribution in [0.5, 0.6) is 0 Å². The molecule has 0 saturated heterocycles.